The highest BCUT2D eigenvalue weighted by Gasteiger charge is 2.26. The Labute approximate surface area is 76.3 Å². The monoisotopic (exact) mass is 174 g/mol. The molecule has 0 saturated heterocycles. The van der Waals surface area contributed by atoms with Gasteiger partial charge in [0.1, 0.15) is 0 Å². The van der Waals surface area contributed by atoms with E-state index in [9.17, 15) is 0 Å². The van der Waals surface area contributed by atoms with Gasteiger partial charge in [-0.3, -0.25) is 0 Å². The number of ether oxygens (including phenoxy) is 2. The largest absolute Gasteiger partial charge is 0.378 e. The van der Waals surface area contributed by atoms with Crippen molar-refractivity contribution >= 4 is 0 Å². The molecule has 2 atom stereocenters. The molecule has 0 aliphatic carbocycles. The summed E-state index contributed by atoms with van der Waals surface area (Å²) in [5.41, 5.74) is 0. The average molecular weight is 174 g/mol. The molecule has 2 heteroatoms. The van der Waals surface area contributed by atoms with Crippen molar-refractivity contribution in [3.63, 3.8) is 0 Å². The maximum Gasteiger partial charge on any atom is 0.0858 e. The fraction of sp³-hybridized carbons (Fsp3) is 1.00. The first-order valence-electron chi connectivity index (χ1n) is 4.60. The summed E-state index contributed by atoms with van der Waals surface area (Å²) in [4.78, 5) is 0. The van der Waals surface area contributed by atoms with Gasteiger partial charge in [-0.25, -0.2) is 0 Å². The number of hydrogen-bond acceptors (Lipinski definition) is 2. The third-order valence-corrected chi connectivity index (χ3v) is 2.18. The van der Waals surface area contributed by atoms with Gasteiger partial charge in [-0.2, -0.15) is 0 Å². The molecular formula is C10H22O2. The normalized spacial score (nSPS) is 17.0. The van der Waals surface area contributed by atoms with Crippen LogP contribution in [0.2, 0.25) is 0 Å². The van der Waals surface area contributed by atoms with Gasteiger partial charge in [-0.1, -0.05) is 27.7 Å². The number of hydrogen-bond donors (Lipinski definition) is 0. The Morgan fingerprint density at radius 2 is 0.917 bits per heavy atom. The van der Waals surface area contributed by atoms with Crippen LogP contribution in [0.5, 0.6) is 0 Å². The highest BCUT2D eigenvalue weighted by molar-refractivity contribution is 4.75. The molecule has 0 spiro atoms. The van der Waals surface area contributed by atoms with Crippen LogP contribution in [0.25, 0.3) is 0 Å². The molecule has 12 heavy (non-hydrogen) atoms. The maximum atomic E-state index is 5.40. The molecule has 0 rings (SSSR count). The molecule has 0 aromatic heterocycles. The van der Waals surface area contributed by atoms with Gasteiger partial charge < -0.3 is 9.47 Å². The summed E-state index contributed by atoms with van der Waals surface area (Å²) >= 11 is 0. The molecule has 2 nitrogen and oxygen atoms in total. The zero-order valence-electron chi connectivity index (χ0n) is 9.13. The molecule has 0 radical (unpaired) electrons. The molecule has 0 bridgehead atoms. The van der Waals surface area contributed by atoms with Crippen LogP contribution in [-0.2, 0) is 9.47 Å². The highest BCUT2D eigenvalue weighted by atomic mass is 16.5. The molecule has 0 heterocycles. The molecule has 0 aliphatic heterocycles. The number of rotatable bonds is 5. The minimum atomic E-state index is 0.204. The van der Waals surface area contributed by atoms with Crippen molar-refractivity contribution in [3.05, 3.63) is 0 Å². The van der Waals surface area contributed by atoms with Gasteiger partial charge >= 0.3 is 0 Å². The third-order valence-electron chi connectivity index (χ3n) is 2.18. The Bertz CT molecular complexity index is 96.4. The van der Waals surface area contributed by atoms with E-state index in [0.29, 0.717) is 11.8 Å². The van der Waals surface area contributed by atoms with Gasteiger partial charge in [-0.15, -0.1) is 0 Å². The standard InChI is InChI=1S/C10H22O2/c1-7(2)9(11-5)10(12-6)8(3)4/h7-10H,1-6H3. The zero-order chi connectivity index (χ0) is 9.72. The van der Waals surface area contributed by atoms with Crippen LogP contribution in [0.1, 0.15) is 27.7 Å². The van der Waals surface area contributed by atoms with E-state index in [1.807, 2.05) is 0 Å². The quantitative estimate of drug-likeness (QED) is 0.637. The molecule has 0 amide bonds. The second-order valence-corrected chi connectivity index (χ2v) is 3.89. The minimum absolute atomic E-state index is 0.204. The van der Waals surface area contributed by atoms with Crippen LogP contribution in [0, 0.1) is 11.8 Å². The summed E-state index contributed by atoms with van der Waals surface area (Å²) in [5, 5.41) is 0. The van der Waals surface area contributed by atoms with E-state index < -0.39 is 0 Å². The van der Waals surface area contributed by atoms with E-state index in [-0.39, 0.29) is 12.2 Å². The fourth-order valence-corrected chi connectivity index (χ4v) is 1.57. The van der Waals surface area contributed by atoms with Crippen LogP contribution in [-0.4, -0.2) is 26.4 Å². The molecule has 2 unspecified atom stereocenters. The van der Waals surface area contributed by atoms with Crippen molar-refractivity contribution in [1.29, 1.82) is 0 Å². The Kier molecular flexibility index (Phi) is 5.51. The fourth-order valence-electron chi connectivity index (χ4n) is 1.57. The van der Waals surface area contributed by atoms with E-state index in [1.54, 1.807) is 14.2 Å². The van der Waals surface area contributed by atoms with Crippen LogP contribution in [0.4, 0.5) is 0 Å². The van der Waals surface area contributed by atoms with Gasteiger partial charge in [0.05, 0.1) is 12.2 Å². The van der Waals surface area contributed by atoms with Gasteiger partial charge in [0.25, 0.3) is 0 Å². The van der Waals surface area contributed by atoms with Crippen LogP contribution < -0.4 is 0 Å². The Morgan fingerprint density at radius 3 is 1.00 bits per heavy atom. The molecule has 0 aliphatic rings. The molecular weight excluding hydrogens is 152 g/mol. The lowest BCUT2D eigenvalue weighted by Crippen LogP contribution is -2.38. The van der Waals surface area contributed by atoms with E-state index >= 15 is 0 Å². The summed E-state index contributed by atoms with van der Waals surface area (Å²) in [5.74, 6) is 1.00. The second kappa shape index (κ2) is 5.55. The van der Waals surface area contributed by atoms with Crippen molar-refractivity contribution in [2.24, 2.45) is 11.8 Å². The lowest BCUT2D eigenvalue weighted by molar-refractivity contribution is -0.0776. The minimum Gasteiger partial charge on any atom is -0.378 e. The van der Waals surface area contributed by atoms with E-state index in [2.05, 4.69) is 27.7 Å². The molecule has 0 N–H and O–H groups in total. The third kappa shape index (κ3) is 3.11. The van der Waals surface area contributed by atoms with Gasteiger partial charge in [0.2, 0.25) is 0 Å². The average Bonchev–Trinajstić information content (AvgIpc) is 1.98. The zero-order valence-corrected chi connectivity index (χ0v) is 9.13. The summed E-state index contributed by atoms with van der Waals surface area (Å²) in [7, 11) is 3.50. The van der Waals surface area contributed by atoms with Crippen LogP contribution in [0.3, 0.4) is 0 Å². The SMILES string of the molecule is COC(C(C)C)C(OC)C(C)C. The number of methoxy groups -OCH3 is 2. The lowest BCUT2D eigenvalue weighted by Gasteiger charge is -2.30. The lowest BCUT2D eigenvalue weighted by atomic mass is 9.94. The van der Waals surface area contributed by atoms with Crippen molar-refractivity contribution in [1.82, 2.24) is 0 Å². The van der Waals surface area contributed by atoms with Gasteiger partial charge in [-0.05, 0) is 11.8 Å². The highest BCUT2D eigenvalue weighted by Crippen LogP contribution is 2.19. The van der Waals surface area contributed by atoms with Crippen molar-refractivity contribution < 1.29 is 9.47 Å². The maximum absolute atomic E-state index is 5.40. The summed E-state index contributed by atoms with van der Waals surface area (Å²) < 4.78 is 10.8. The van der Waals surface area contributed by atoms with Gasteiger partial charge in [0, 0.05) is 14.2 Å². The molecule has 74 valence electrons. The van der Waals surface area contributed by atoms with Crippen molar-refractivity contribution in [2.75, 3.05) is 14.2 Å². The Morgan fingerprint density at radius 1 is 0.667 bits per heavy atom. The van der Waals surface area contributed by atoms with E-state index in [0.717, 1.165) is 0 Å². The predicted molar refractivity (Wildman–Crippen MR) is 51.3 cm³/mol. The first-order valence-corrected chi connectivity index (χ1v) is 4.60. The molecule has 0 aromatic rings. The molecule has 0 fully saturated rings. The Balaban J connectivity index is 4.23. The first-order chi connectivity index (χ1) is 5.54. The second-order valence-electron chi connectivity index (χ2n) is 3.89. The molecule has 0 saturated carbocycles. The molecule has 0 aromatic carbocycles. The van der Waals surface area contributed by atoms with E-state index in [1.165, 1.54) is 0 Å². The van der Waals surface area contributed by atoms with Crippen molar-refractivity contribution in [3.8, 4) is 0 Å². The van der Waals surface area contributed by atoms with Crippen LogP contribution in [0.15, 0.2) is 0 Å². The Hall–Kier alpha value is -0.0800. The topological polar surface area (TPSA) is 18.5 Å². The van der Waals surface area contributed by atoms with Crippen LogP contribution >= 0.6 is 0 Å². The summed E-state index contributed by atoms with van der Waals surface area (Å²) in [6.45, 7) is 8.62. The van der Waals surface area contributed by atoms with Gasteiger partial charge in [0.15, 0.2) is 0 Å². The smallest absolute Gasteiger partial charge is 0.0858 e. The first kappa shape index (κ1) is 11.9. The van der Waals surface area contributed by atoms with E-state index in [4.69, 9.17) is 9.47 Å². The summed E-state index contributed by atoms with van der Waals surface area (Å²) in [6, 6.07) is 0. The summed E-state index contributed by atoms with van der Waals surface area (Å²) in [6.07, 6.45) is 0.407. The van der Waals surface area contributed by atoms with Crippen molar-refractivity contribution in [2.45, 2.75) is 39.9 Å². The predicted octanol–water partition coefficient (Wildman–Crippen LogP) is 2.33.